The SMILES string of the molecule is O=S1(=O)CCCN1Cc1c(Cl)cccc1Cl. The zero-order valence-corrected chi connectivity index (χ0v) is 10.8. The number of nitrogens with zero attached hydrogens (tertiary/aromatic N) is 1. The fraction of sp³-hybridized carbons (Fsp3) is 0.400. The molecule has 1 aliphatic rings. The van der Waals surface area contributed by atoms with Crippen molar-refractivity contribution in [3.05, 3.63) is 33.8 Å². The smallest absolute Gasteiger partial charge is 0.212 e. The van der Waals surface area contributed by atoms with Gasteiger partial charge < -0.3 is 0 Å². The maximum absolute atomic E-state index is 11.6. The number of rotatable bonds is 2. The van der Waals surface area contributed by atoms with E-state index in [1.54, 1.807) is 18.2 Å². The van der Waals surface area contributed by atoms with Crippen LogP contribution in [0.5, 0.6) is 0 Å². The molecule has 16 heavy (non-hydrogen) atoms. The van der Waals surface area contributed by atoms with Crippen LogP contribution in [0.1, 0.15) is 12.0 Å². The van der Waals surface area contributed by atoms with Gasteiger partial charge in [-0.1, -0.05) is 29.3 Å². The lowest BCUT2D eigenvalue weighted by Gasteiger charge is -2.16. The van der Waals surface area contributed by atoms with Crippen LogP contribution in [0, 0.1) is 0 Å². The molecule has 0 spiro atoms. The van der Waals surface area contributed by atoms with E-state index in [1.165, 1.54) is 4.31 Å². The topological polar surface area (TPSA) is 37.4 Å². The Morgan fingerprint density at radius 1 is 1.25 bits per heavy atom. The van der Waals surface area contributed by atoms with E-state index in [0.717, 1.165) is 0 Å². The monoisotopic (exact) mass is 279 g/mol. The molecule has 1 fully saturated rings. The maximum atomic E-state index is 11.6. The van der Waals surface area contributed by atoms with Gasteiger partial charge in [0.2, 0.25) is 10.0 Å². The summed E-state index contributed by atoms with van der Waals surface area (Å²) in [6.07, 6.45) is 0.671. The molecule has 1 heterocycles. The Hall–Kier alpha value is -0.290. The third-order valence-electron chi connectivity index (χ3n) is 2.60. The van der Waals surface area contributed by atoms with Crippen molar-refractivity contribution in [1.82, 2.24) is 4.31 Å². The number of hydrogen-bond acceptors (Lipinski definition) is 2. The van der Waals surface area contributed by atoms with E-state index in [9.17, 15) is 8.42 Å². The van der Waals surface area contributed by atoms with E-state index in [1.807, 2.05) is 0 Å². The van der Waals surface area contributed by atoms with Crippen LogP contribution in [-0.4, -0.2) is 25.0 Å². The third-order valence-corrected chi connectivity index (χ3v) is 5.21. The first-order valence-corrected chi connectivity index (χ1v) is 7.28. The second-order valence-electron chi connectivity index (χ2n) is 3.70. The van der Waals surface area contributed by atoms with Crippen LogP contribution in [0.2, 0.25) is 10.0 Å². The molecule has 0 N–H and O–H groups in total. The van der Waals surface area contributed by atoms with Crippen LogP contribution in [0.25, 0.3) is 0 Å². The molecule has 1 aromatic carbocycles. The first-order valence-electron chi connectivity index (χ1n) is 4.91. The lowest BCUT2D eigenvalue weighted by atomic mass is 10.2. The molecular weight excluding hydrogens is 269 g/mol. The van der Waals surface area contributed by atoms with Gasteiger partial charge in [-0.25, -0.2) is 8.42 Å². The first kappa shape index (κ1) is 12.2. The average molecular weight is 280 g/mol. The highest BCUT2D eigenvalue weighted by atomic mass is 35.5. The first-order chi connectivity index (χ1) is 7.50. The molecule has 1 saturated heterocycles. The maximum Gasteiger partial charge on any atom is 0.214 e. The van der Waals surface area contributed by atoms with Crippen LogP contribution in [0.4, 0.5) is 0 Å². The van der Waals surface area contributed by atoms with Crippen LogP contribution >= 0.6 is 23.2 Å². The lowest BCUT2D eigenvalue weighted by Crippen LogP contribution is -2.25. The van der Waals surface area contributed by atoms with Gasteiger partial charge in [-0.15, -0.1) is 0 Å². The van der Waals surface area contributed by atoms with Crippen molar-refractivity contribution in [2.75, 3.05) is 12.3 Å². The molecule has 1 aromatic rings. The molecule has 88 valence electrons. The van der Waals surface area contributed by atoms with E-state index >= 15 is 0 Å². The molecule has 0 amide bonds. The molecule has 0 bridgehead atoms. The zero-order valence-electron chi connectivity index (χ0n) is 8.49. The molecule has 1 aliphatic heterocycles. The Kier molecular flexibility index (Phi) is 3.45. The van der Waals surface area contributed by atoms with Gasteiger partial charge in [-0.3, -0.25) is 0 Å². The fourth-order valence-electron chi connectivity index (χ4n) is 1.73. The second-order valence-corrected chi connectivity index (χ2v) is 6.61. The predicted octanol–water partition coefficient (Wildman–Crippen LogP) is 2.53. The summed E-state index contributed by atoms with van der Waals surface area (Å²) in [4.78, 5) is 0. The van der Waals surface area contributed by atoms with Crippen molar-refractivity contribution in [1.29, 1.82) is 0 Å². The minimum Gasteiger partial charge on any atom is -0.212 e. The Bertz CT molecular complexity index is 481. The normalized spacial score (nSPS) is 20.1. The van der Waals surface area contributed by atoms with Gasteiger partial charge in [0.25, 0.3) is 0 Å². The Morgan fingerprint density at radius 3 is 2.38 bits per heavy atom. The molecule has 6 heteroatoms. The molecule has 3 nitrogen and oxygen atoms in total. The van der Waals surface area contributed by atoms with Crippen molar-refractivity contribution in [3.63, 3.8) is 0 Å². The van der Waals surface area contributed by atoms with Crippen molar-refractivity contribution in [2.24, 2.45) is 0 Å². The quantitative estimate of drug-likeness (QED) is 0.834. The van der Waals surface area contributed by atoms with E-state index in [4.69, 9.17) is 23.2 Å². The fourth-order valence-corrected chi connectivity index (χ4v) is 3.73. The summed E-state index contributed by atoms with van der Waals surface area (Å²) < 4.78 is 24.7. The number of hydrogen-bond donors (Lipinski definition) is 0. The van der Waals surface area contributed by atoms with Crippen molar-refractivity contribution >= 4 is 33.2 Å². The largest absolute Gasteiger partial charge is 0.214 e. The van der Waals surface area contributed by atoms with Gasteiger partial charge in [0.15, 0.2) is 0 Å². The van der Waals surface area contributed by atoms with E-state index in [-0.39, 0.29) is 12.3 Å². The van der Waals surface area contributed by atoms with E-state index < -0.39 is 10.0 Å². The summed E-state index contributed by atoms with van der Waals surface area (Å²) >= 11 is 12.0. The minimum absolute atomic E-state index is 0.217. The van der Waals surface area contributed by atoms with E-state index in [2.05, 4.69) is 0 Å². The molecule has 0 atom stereocenters. The summed E-state index contributed by atoms with van der Waals surface area (Å²) in [5.74, 6) is 0.217. The van der Waals surface area contributed by atoms with Crippen LogP contribution in [0.15, 0.2) is 18.2 Å². The Labute approximate surface area is 105 Å². The average Bonchev–Trinajstić information content (AvgIpc) is 2.52. The lowest BCUT2D eigenvalue weighted by molar-refractivity contribution is 0.440. The summed E-state index contributed by atoms with van der Waals surface area (Å²) in [5.41, 5.74) is 0.677. The second kappa shape index (κ2) is 4.53. The van der Waals surface area contributed by atoms with Gasteiger partial charge in [0.05, 0.1) is 5.75 Å². The Morgan fingerprint density at radius 2 is 1.88 bits per heavy atom. The molecule has 0 unspecified atom stereocenters. The van der Waals surface area contributed by atoms with Gasteiger partial charge >= 0.3 is 0 Å². The van der Waals surface area contributed by atoms with Crippen LogP contribution in [0.3, 0.4) is 0 Å². The molecule has 0 aliphatic carbocycles. The molecular formula is C10H11Cl2NO2S. The summed E-state index contributed by atoms with van der Waals surface area (Å²) in [6.45, 7) is 0.810. The molecule has 0 aromatic heterocycles. The number of benzene rings is 1. The van der Waals surface area contributed by atoms with Crippen LogP contribution < -0.4 is 0 Å². The van der Waals surface area contributed by atoms with Crippen molar-refractivity contribution < 1.29 is 8.42 Å². The Balaban J connectivity index is 2.28. The van der Waals surface area contributed by atoms with Crippen LogP contribution in [-0.2, 0) is 16.6 Å². The standard InChI is InChI=1S/C10H11Cl2NO2S/c11-9-3-1-4-10(12)8(9)7-13-5-2-6-16(13,14)15/h1,3-4H,2,5-7H2. The van der Waals surface area contributed by atoms with E-state index in [0.29, 0.717) is 28.6 Å². The third kappa shape index (κ3) is 2.35. The molecule has 2 rings (SSSR count). The highest BCUT2D eigenvalue weighted by Crippen LogP contribution is 2.28. The summed E-state index contributed by atoms with van der Waals surface area (Å²) in [7, 11) is -3.10. The van der Waals surface area contributed by atoms with Gasteiger partial charge in [0.1, 0.15) is 0 Å². The predicted molar refractivity (Wildman–Crippen MR) is 65.3 cm³/mol. The van der Waals surface area contributed by atoms with Crippen molar-refractivity contribution in [2.45, 2.75) is 13.0 Å². The highest BCUT2D eigenvalue weighted by Gasteiger charge is 2.29. The van der Waals surface area contributed by atoms with Crippen molar-refractivity contribution in [3.8, 4) is 0 Å². The number of sulfonamides is 1. The van der Waals surface area contributed by atoms with Gasteiger partial charge in [0, 0.05) is 28.7 Å². The minimum atomic E-state index is -3.10. The highest BCUT2D eigenvalue weighted by molar-refractivity contribution is 7.89. The zero-order chi connectivity index (χ0) is 11.8. The molecule has 0 radical (unpaired) electrons. The summed E-state index contributed by atoms with van der Waals surface area (Å²) in [6, 6.07) is 5.17. The summed E-state index contributed by atoms with van der Waals surface area (Å²) in [5, 5.41) is 1.02. The number of halogens is 2. The molecule has 0 saturated carbocycles. The van der Waals surface area contributed by atoms with Gasteiger partial charge in [-0.2, -0.15) is 4.31 Å². The van der Waals surface area contributed by atoms with Gasteiger partial charge in [-0.05, 0) is 18.6 Å².